The number of likely N-dealkylation sites (N-methyl/N-ethyl adjacent to an activating group) is 1. The zero-order valence-corrected chi connectivity index (χ0v) is 15.4. The normalized spacial score (nSPS) is 15.7. The summed E-state index contributed by atoms with van der Waals surface area (Å²) < 4.78 is 40.1. The summed E-state index contributed by atoms with van der Waals surface area (Å²) in [6.07, 6.45) is -2.78. The van der Waals surface area contributed by atoms with Crippen molar-refractivity contribution < 1.29 is 27.5 Å². The molecule has 2 amide bonds. The maximum Gasteiger partial charge on any atom is 0.573 e. The first-order chi connectivity index (χ1) is 12.6. The van der Waals surface area contributed by atoms with E-state index in [0.29, 0.717) is 11.6 Å². The second kappa shape index (κ2) is 9.07. The van der Waals surface area contributed by atoms with E-state index in [4.69, 9.17) is 0 Å². The number of benzene rings is 1. The lowest BCUT2D eigenvalue weighted by atomic mass is 9.99. The summed E-state index contributed by atoms with van der Waals surface area (Å²) in [5.74, 6) is -0.0996. The maximum atomic E-state index is 12.3. The van der Waals surface area contributed by atoms with Crippen molar-refractivity contribution >= 4 is 17.5 Å². The molecule has 1 aliphatic heterocycles. The van der Waals surface area contributed by atoms with Crippen LogP contribution in [0.5, 0.6) is 5.75 Å². The van der Waals surface area contributed by atoms with E-state index >= 15 is 0 Å². The molecule has 0 unspecified atom stereocenters. The van der Waals surface area contributed by atoms with Gasteiger partial charge in [0.15, 0.2) is 0 Å². The lowest BCUT2D eigenvalue weighted by Gasteiger charge is -2.31. The molecule has 1 aromatic rings. The van der Waals surface area contributed by atoms with Crippen molar-refractivity contribution in [1.82, 2.24) is 9.80 Å². The average Bonchev–Trinajstić information content (AvgIpc) is 2.55. The summed E-state index contributed by atoms with van der Waals surface area (Å²) in [7, 11) is 1.67. The van der Waals surface area contributed by atoms with Crippen molar-refractivity contribution in [2.45, 2.75) is 26.1 Å². The van der Waals surface area contributed by atoms with Gasteiger partial charge in [-0.2, -0.15) is 0 Å². The van der Waals surface area contributed by atoms with E-state index in [0.717, 1.165) is 38.1 Å². The number of rotatable bonds is 6. The van der Waals surface area contributed by atoms with Crippen LogP contribution in [0.3, 0.4) is 0 Å². The number of carbonyl (C=O) groups is 2. The first-order valence-corrected chi connectivity index (χ1v) is 8.74. The highest BCUT2D eigenvalue weighted by atomic mass is 19.4. The third-order valence-electron chi connectivity index (χ3n) is 4.33. The van der Waals surface area contributed by atoms with E-state index in [1.807, 2.05) is 4.90 Å². The number of halogens is 3. The van der Waals surface area contributed by atoms with Gasteiger partial charge in [0.2, 0.25) is 11.8 Å². The Morgan fingerprint density at radius 3 is 2.33 bits per heavy atom. The van der Waals surface area contributed by atoms with Gasteiger partial charge in [-0.3, -0.25) is 14.5 Å². The Balaban J connectivity index is 1.76. The van der Waals surface area contributed by atoms with Crippen LogP contribution in [-0.2, 0) is 9.59 Å². The fraction of sp³-hybridized carbons (Fsp3) is 0.556. The number of anilines is 1. The molecule has 0 aromatic heterocycles. The SMILES string of the molecule is CC1CCN(C(=O)CN(C)CC(=O)Nc2ccc(OC(F)(F)F)cc2)CC1. The molecule has 27 heavy (non-hydrogen) atoms. The molecule has 1 fully saturated rings. The van der Waals surface area contributed by atoms with Crippen LogP contribution < -0.4 is 10.1 Å². The van der Waals surface area contributed by atoms with E-state index in [1.54, 1.807) is 11.9 Å². The van der Waals surface area contributed by atoms with Crippen LogP contribution in [0, 0.1) is 5.92 Å². The number of nitrogens with one attached hydrogen (secondary N) is 1. The number of alkyl halides is 3. The van der Waals surface area contributed by atoms with Gasteiger partial charge in [-0.05, 0) is 50.1 Å². The summed E-state index contributed by atoms with van der Waals surface area (Å²) in [6.45, 7) is 3.79. The number of likely N-dealkylation sites (tertiary alicyclic amines) is 1. The van der Waals surface area contributed by atoms with Crippen molar-refractivity contribution in [1.29, 1.82) is 0 Å². The predicted molar refractivity (Wildman–Crippen MR) is 94.2 cm³/mol. The molecule has 6 nitrogen and oxygen atoms in total. The van der Waals surface area contributed by atoms with Crippen LogP contribution >= 0.6 is 0 Å². The van der Waals surface area contributed by atoms with Crippen molar-refractivity contribution in [3.63, 3.8) is 0 Å². The van der Waals surface area contributed by atoms with Crippen molar-refractivity contribution in [3.8, 4) is 5.75 Å². The van der Waals surface area contributed by atoms with Crippen LogP contribution in [0.4, 0.5) is 18.9 Å². The van der Waals surface area contributed by atoms with Gasteiger partial charge in [0.25, 0.3) is 0 Å². The molecule has 150 valence electrons. The number of amides is 2. The highest BCUT2D eigenvalue weighted by Crippen LogP contribution is 2.24. The Kier molecular flexibility index (Phi) is 7.06. The second-order valence-corrected chi connectivity index (χ2v) is 6.86. The average molecular weight is 387 g/mol. The molecule has 0 aliphatic carbocycles. The molecule has 0 radical (unpaired) electrons. The highest BCUT2D eigenvalue weighted by Gasteiger charge is 2.31. The van der Waals surface area contributed by atoms with Crippen molar-refractivity contribution in [2.24, 2.45) is 5.92 Å². The Hall–Kier alpha value is -2.29. The molecule has 0 saturated carbocycles. The van der Waals surface area contributed by atoms with Gasteiger partial charge in [-0.15, -0.1) is 13.2 Å². The topological polar surface area (TPSA) is 61.9 Å². The fourth-order valence-electron chi connectivity index (χ4n) is 2.83. The van der Waals surface area contributed by atoms with Crippen molar-refractivity contribution in [3.05, 3.63) is 24.3 Å². The van der Waals surface area contributed by atoms with E-state index < -0.39 is 6.36 Å². The molecule has 1 aliphatic rings. The molecule has 0 atom stereocenters. The van der Waals surface area contributed by atoms with E-state index in [2.05, 4.69) is 17.0 Å². The molecule has 9 heteroatoms. The van der Waals surface area contributed by atoms with Gasteiger partial charge in [0.1, 0.15) is 5.75 Å². The van der Waals surface area contributed by atoms with Gasteiger partial charge >= 0.3 is 6.36 Å². The third-order valence-corrected chi connectivity index (χ3v) is 4.33. The van der Waals surface area contributed by atoms with E-state index in [1.165, 1.54) is 12.1 Å². The minimum Gasteiger partial charge on any atom is -0.406 e. The standard InChI is InChI=1S/C18H24F3N3O3/c1-13-7-9-24(10-8-13)17(26)12-23(2)11-16(25)22-14-3-5-15(6-4-14)27-18(19,20)21/h3-6,13H,7-12H2,1-2H3,(H,22,25). The third kappa shape index (κ3) is 7.46. The quantitative estimate of drug-likeness (QED) is 0.815. The first kappa shape index (κ1) is 21.0. The molecule has 1 aromatic carbocycles. The Morgan fingerprint density at radius 2 is 1.78 bits per heavy atom. The Labute approximate surface area is 156 Å². The predicted octanol–water partition coefficient (Wildman–Crippen LogP) is 2.71. The first-order valence-electron chi connectivity index (χ1n) is 8.74. The number of piperidine rings is 1. The van der Waals surface area contributed by atoms with Gasteiger partial charge in [0.05, 0.1) is 13.1 Å². The van der Waals surface area contributed by atoms with Crippen LogP contribution in [0.25, 0.3) is 0 Å². The summed E-state index contributed by atoms with van der Waals surface area (Å²) >= 11 is 0. The second-order valence-electron chi connectivity index (χ2n) is 6.86. The minimum atomic E-state index is -4.76. The minimum absolute atomic E-state index is 0.00319. The molecular weight excluding hydrogens is 363 g/mol. The largest absolute Gasteiger partial charge is 0.573 e. The lowest BCUT2D eigenvalue weighted by molar-refractivity contribution is -0.274. The van der Waals surface area contributed by atoms with Gasteiger partial charge in [-0.1, -0.05) is 6.92 Å². The number of ether oxygens (including phenoxy) is 1. The molecular formula is C18H24F3N3O3. The van der Waals surface area contributed by atoms with E-state index in [-0.39, 0.29) is 30.7 Å². The van der Waals surface area contributed by atoms with Gasteiger partial charge < -0.3 is 15.0 Å². The fourth-order valence-corrected chi connectivity index (χ4v) is 2.83. The maximum absolute atomic E-state index is 12.3. The molecule has 2 rings (SSSR count). The molecule has 1 saturated heterocycles. The summed E-state index contributed by atoms with van der Waals surface area (Å²) in [4.78, 5) is 27.7. The lowest BCUT2D eigenvalue weighted by Crippen LogP contribution is -2.44. The summed E-state index contributed by atoms with van der Waals surface area (Å²) in [5, 5.41) is 2.58. The van der Waals surface area contributed by atoms with Crippen LogP contribution in [0.1, 0.15) is 19.8 Å². The monoisotopic (exact) mass is 387 g/mol. The van der Waals surface area contributed by atoms with Crippen LogP contribution in [0.15, 0.2) is 24.3 Å². The van der Waals surface area contributed by atoms with Crippen LogP contribution in [-0.4, -0.2) is 61.2 Å². The van der Waals surface area contributed by atoms with Crippen molar-refractivity contribution in [2.75, 3.05) is 38.5 Å². The Morgan fingerprint density at radius 1 is 1.19 bits per heavy atom. The smallest absolute Gasteiger partial charge is 0.406 e. The zero-order valence-electron chi connectivity index (χ0n) is 15.4. The molecule has 1 N–H and O–H groups in total. The summed E-state index contributed by atoms with van der Waals surface area (Å²) in [6, 6.07) is 4.87. The Bertz CT molecular complexity index is 641. The zero-order chi connectivity index (χ0) is 20.0. The number of hydrogen-bond acceptors (Lipinski definition) is 4. The van der Waals surface area contributed by atoms with E-state index in [9.17, 15) is 22.8 Å². The molecule has 1 heterocycles. The number of nitrogens with zero attached hydrogens (tertiary/aromatic N) is 2. The van der Waals surface area contributed by atoms with Gasteiger partial charge in [0, 0.05) is 18.8 Å². The number of hydrogen-bond donors (Lipinski definition) is 1. The molecule has 0 spiro atoms. The van der Waals surface area contributed by atoms with Gasteiger partial charge in [-0.25, -0.2) is 0 Å². The summed E-state index contributed by atoms with van der Waals surface area (Å²) in [5.41, 5.74) is 0.347. The van der Waals surface area contributed by atoms with Crippen LogP contribution in [0.2, 0.25) is 0 Å². The number of carbonyl (C=O) groups excluding carboxylic acids is 2. The highest BCUT2D eigenvalue weighted by molar-refractivity contribution is 5.92. The molecule has 0 bridgehead atoms.